The molecule has 162 valence electrons. The molecule has 1 N–H and O–H groups in total. The van der Waals surface area contributed by atoms with Gasteiger partial charge in [-0.05, 0) is 43.2 Å². The molecule has 2 aromatic rings. The van der Waals surface area contributed by atoms with Crippen molar-refractivity contribution in [3.05, 3.63) is 70.2 Å². The lowest BCUT2D eigenvalue weighted by molar-refractivity contribution is -0.140. The van der Waals surface area contributed by atoms with E-state index in [0.717, 1.165) is 5.56 Å². The van der Waals surface area contributed by atoms with Crippen LogP contribution in [0.15, 0.2) is 48.5 Å². The number of benzene rings is 2. The summed E-state index contributed by atoms with van der Waals surface area (Å²) in [6.45, 7) is 2.02. The van der Waals surface area contributed by atoms with E-state index in [1.54, 1.807) is 49.4 Å². The van der Waals surface area contributed by atoms with Crippen LogP contribution in [0, 0.1) is 0 Å². The van der Waals surface area contributed by atoms with E-state index in [0.29, 0.717) is 22.6 Å². The smallest absolute Gasteiger partial charge is 0.261 e. The van der Waals surface area contributed by atoms with E-state index >= 15 is 0 Å². The minimum Gasteiger partial charge on any atom is -0.357 e. The predicted octanol–water partition coefficient (Wildman–Crippen LogP) is 2.88. The molecule has 0 saturated carbocycles. The lowest BCUT2D eigenvalue weighted by Gasteiger charge is -2.28. The van der Waals surface area contributed by atoms with E-state index in [4.69, 9.17) is 11.6 Å². The number of rotatable bonds is 8. The van der Waals surface area contributed by atoms with E-state index in [1.807, 2.05) is 6.07 Å². The van der Waals surface area contributed by atoms with E-state index in [2.05, 4.69) is 5.32 Å². The zero-order valence-corrected chi connectivity index (χ0v) is 18.2. The monoisotopic (exact) mass is 441 g/mol. The molecule has 7 nitrogen and oxygen atoms in total. The van der Waals surface area contributed by atoms with Crippen molar-refractivity contribution in [2.45, 2.75) is 32.4 Å². The summed E-state index contributed by atoms with van der Waals surface area (Å²) in [6.07, 6.45) is 0.395. The van der Waals surface area contributed by atoms with Gasteiger partial charge in [-0.3, -0.25) is 24.1 Å². The summed E-state index contributed by atoms with van der Waals surface area (Å²) in [4.78, 5) is 52.7. The second-order valence-electron chi connectivity index (χ2n) is 7.35. The lowest BCUT2D eigenvalue weighted by Crippen LogP contribution is -2.46. The third-order valence-electron chi connectivity index (χ3n) is 5.31. The Labute approximate surface area is 186 Å². The van der Waals surface area contributed by atoms with Crippen molar-refractivity contribution >= 4 is 35.2 Å². The van der Waals surface area contributed by atoms with Crippen molar-refractivity contribution in [1.29, 1.82) is 0 Å². The average Bonchev–Trinajstić information content (AvgIpc) is 3.01. The maximum atomic E-state index is 13.0. The van der Waals surface area contributed by atoms with Gasteiger partial charge in [-0.25, -0.2) is 0 Å². The van der Waals surface area contributed by atoms with Crippen molar-refractivity contribution in [2.24, 2.45) is 0 Å². The van der Waals surface area contributed by atoms with Crippen LogP contribution in [0.3, 0.4) is 0 Å². The summed E-state index contributed by atoms with van der Waals surface area (Å²) in [5.41, 5.74) is 1.57. The Morgan fingerprint density at radius 1 is 1.06 bits per heavy atom. The first-order valence-corrected chi connectivity index (χ1v) is 10.4. The number of halogens is 1. The molecule has 0 fully saturated rings. The van der Waals surface area contributed by atoms with Gasteiger partial charge in [0, 0.05) is 31.6 Å². The van der Waals surface area contributed by atoms with Gasteiger partial charge in [-0.1, -0.05) is 35.9 Å². The molecule has 2 aromatic carbocycles. The largest absolute Gasteiger partial charge is 0.357 e. The third-order valence-corrected chi connectivity index (χ3v) is 5.54. The summed E-state index contributed by atoms with van der Waals surface area (Å²) in [5.74, 6) is -1.21. The Kier molecular flexibility index (Phi) is 7.07. The number of nitrogens with one attached hydrogen (secondary N) is 1. The van der Waals surface area contributed by atoms with Crippen molar-refractivity contribution in [2.75, 3.05) is 13.6 Å². The minimum absolute atomic E-state index is 0.0926. The topological polar surface area (TPSA) is 86.8 Å². The molecule has 1 aliphatic heterocycles. The quantitative estimate of drug-likeness (QED) is 0.638. The summed E-state index contributed by atoms with van der Waals surface area (Å²) >= 11 is 6.05. The van der Waals surface area contributed by atoms with E-state index in [1.165, 1.54) is 16.8 Å². The van der Waals surface area contributed by atoms with Gasteiger partial charge in [0.2, 0.25) is 11.8 Å². The van der Waals surface area contributed by atoms with Gasteiger partial charge in [0.05, 0.1) is 11.1 Å². The van der Waals surface area contributed by atoms with E-state index in [-0.39, 0.29) is 43.1 Å². The molecule has 0 radical (unpaired) electrons. The fourth-order valence-corrected chi connectivity index (χ4v) is 3.81. The molecule has 1 atom stereocenters. The van der Waals surface area contributed by atoms with Gasteiger partial charge < -0.3 is 10.2 Å². The van der Waals surface area contributed by atoms with Crippen LogP contribution in [0.4, 0.5) is 0 Å². The van der Waals surface area contributed by atoms with Gasteiger partial charge >= 0.3 is 0 Å². The molecule has 0 aromatic heterocycles. The van der Waals surface area contributed by atoms with E-state index < -0.39 is 6.04 Å². The van der Waals surface area contributed by atoms with Gasteiger partial charge in [-0.15, -0.1) is 0 Å². The molecule has 0 spiro atoms. The second-order valence-corrected chi connectivity index (χ2v) is 7.79. The third kappa shape index (κ3) is 4.94. The number of likely N-dealkylation sites (N-methyl/N-ethyl adjacent to an activating group) is 1. The standard InChI is InChI=1S/C23H24ClN3O4/c1-15(21(29)25-2)27(14-16-7-5-8-17(24)13-16)20(28)11-6-12-26-22(30)18-9-3-4-10-19(18)23(26)31/h3-5,7-10,13,15H,6,11-12,14H2,1-2H3,(H,25,29)/t15-/m1/s1. The van der Waals surface area contributed by atoms with E-state index in [9.17, 15) is 19.2 Å². The highest BCUT2D eigenvalue weighted by Gasteiger charge is 2.35. The summed E-state index contributed by atoms with van der Waals surface area (Å²) in [5, 5.41) is 3.11. The maximum Gasteiger partial charge on any atom is 0.261 e. The molecule has 4 amide bonds. The molecular formula is C23H24ClN3O4. The Balaban J connectivity index is 1.66. The van der Waals surface area contributed by atoms with Gasteiger partial charge in [0.15, 0.2) is 0 Å². The van der Waals surface area contributed by atoms with Crippen LogP contribution in [-0.2, 0) is 16.1 Å². The van der Waals surface area contributed by atoms with Gasteiger partial charge in [0.25, 0.3) is 11.8 Å². The zero-order valence-electron chi connectivity index (χ0n) is 17.4. The SMILES string of the molecule is CNC(=O)[C@@H](C)N(Cc1cccc(Cl)c1)C(=O)CCCN1C(=O)c2ccccc2C1=O. The van der Waals surface area contributed by atoms with Crippen molar-refractivity contribution < 1.29 is 19.2 Å². The first-order chi connectivity index (χ1) is 14.8. The predicted molar refractivity (Wildman–Crippen MR) is 117 cm³/mol. The second kappa shape index (κ2) is 9.75. The van der Waals surface area contributed by atoms with Crippen LogP contribution in [0.2, 0.25) is 5.02 Å². The van der Waals surface area contributed by atoms with Crippen molar-refractivity contribution in [1.82, 2.24) is 15.1 Å². The number of amides is 4. The summed E-state index contributed by atoms with van der Waals surface area (Å²) in [6, 6.07) is 13.1. The molecule has 0 unspecified atom stereocenters. The highest BCUT2D eigenvalue weighted by atomic mass is 35.5. The van der Waals surface area contributed by atoms with Crippen LogP contribution in [-0.4, -0.2) is 53.1 Å². The molecule has 8 heteroatoms. The van der Waals surface area contributed by atoms with Gasteiger partial charge in [-0.2, -0.15) is 0 Å². The molecule has 0 aliphatic carbocycles. The molecule has 31 heavy (non-hydrogen) atoms. The van der Waals surface area contributed by atoms with Crippen LogP contribution in [0.1, 0.15) is 46.0 Å². The number of fused-ring (bicyclic) bond motifs is 1. The number of carbonyl (C=O) groups excluding carboxylic acids is 4. The van der Waals surface area contributed by atoms with Crippen molar-refractivity contribution in [3.63, 3.8) is 0 Å². The molecule has 1 aliphatic rings. The Hall–Kier alpha value is -3.19. The Morgan fingerprint density at radius 3 is 2.29 bits per heavy atom. The van der Waals surface area contributed by atoms with Crippen LogP contribution >= 0.6 is 11.6 Å². The minimum atomic E-state index is -0.684. The van der Waals surface area contributed by atoms with Gasteiger partial charge in [0.1, 0.15) is 6.04 Å². The first-order valence-electron chi connectivity index (χ1n) is 10.0. The molecule has 0 bridgehead atoms. The number of nitrogens with zero attached hydrogens (tertiary/aromatic N) is 2. The fourth-order valence-electron chi connectivity index (χ4n) is 3.60. The fraction of sp³-hybridized carbons (Fsp3) is 0.304. The number of hydrogen-bond donors (Lipinski definition) is 1. The number of imide groups is 1. The highest BCUT2D eigenvalue weighted by Crippen LogP contribution is 2.23. The Morgan fingerprint density at radius 2 is 1.71 bits per heavy atom. The number of carbonyl (C=O) groups is 4. The van der Waals surface area contributed by atoms with Crippen LogP contribution in [0.25, 0.3) is 0 Å². The lowest BCUT2D eigenvalue weighted by atomic mass is 10.1. The molecule has 3 rings (SSSR count). The van der Waals surface area contributed by atoms with Crippen molar-refractivity contribution in [3.8, 4) is 0 Å². The summed E-state index contributed by atoms with van der Waals surface area (Å²) < 4.78 is 0. The molecule has 0 saturated heterocycles. The Bertz CT molecular complexity index is 988. The maximum absolute atomic E-state index is 13.0. The first kappa shape index (κ1) is 22.5. The highest BCUT2D eigenvalue weighted by molar-refractivity contribution is 6.30. The molecule has 1 heterocycles. The summed E-state index contributed by atoms with van der Waals surface area (Å²) in [7, 11) is 1.52. The van der Waals surface area contributed by atoms with Crippen LogP contribution < -0.4 is 5.32 Å². The zero-order chi connectivity index (χ0) is 22.5. The number of hydrogen-bond acceptors (Lipinski definition) is 4. The van der Waals surface area contributed by atoms with Crippen LogP contribution in [0.5, 0.6) is 0 Å². The molecular weight excluding hydrogens is 418 g/mol. The average molecular weight is 442 g/mol. The normalized spacial score (nSPS) is 13.7.